The lowest BCUT2D eigenvalue weighted by Crippen LogP contribution is -2.41. The first-order valence-electron chi connectivity index (χ1n) is 7.06. The third kappa shape index (κ3) is 3.29. The number of carboxylic acids is 1. The predicted molar refractivity (Wildman–Crippen MR) is 82.5 cm³/mol. The number of carboxylic acid groups (broad SMARTS) is 1. The smallest absolute Gasteiger partial charge is 0.466 e. The monoisotopic (exact) mass is 328 g/mol. The number of rotatable bonds is 4. The van der Waals surface area contributed by atoms with Crippen molar-refractivity contribution in [2.45, 2.75) is 51.1 Å². The Morgan fingerprint density at radius 2 is 1.86 bits per heavy atom. The van der Waals surface area contributed by atoms with E-state index in [2.05, 4.69) is 0 Å². The first-order valence-corrected chi connectivity index (χ1v) is 7.44. The Morgan fingerprint density at radius 1 is 1.32 bits per heavy atom. The molecule has 0 aromatic heterocycles. The largest absolute Gasteiger partial charge is 0.481 e. The van der Waals surface area contributed by atoms with E-state index in [0.29, 0.717) is 10.6 Å². The highest BCUT2D eigenvalue weighted by atomic mass is 35.5. The maximum Gasteiger partial charge on any atom is 0.466 e. The van der Waals surface area contributed by atoms with Crippen LogP contribution in [0.1, 0.15) is 45.5 Å². The maximum absolute atomic E-state index is 13.5. The third-order valence-corrected chi connectivity index (χ3v) is 4.70. The standard InChI is InChI=1S/C15H19BClFO4/c1-14(2)15(3,4)22-16(21-14)11(8-13(19)20)10-7-9(18)5-6-12(10)17/h5-7,11H,8H2,1-4H3,(H,19,20). The van der Waals surface area contributed by atoms with Crippen molar-refractivity contribution in [2.75, 3.05) is 0 Å². The molecule has 1 heterocycles. The second-order valence-electron chi connectivity index (χ2n) is 6.49. The summed E-state index contributed by atoms with van der Waals surface area (Å²) in [5, 5.41) is 9.47. The Hall–Kier alpha value is -1.11. The normalized spacial score (nSPS) is 20.9. The predicted octanol–water partition coefficient (Wildman–Crippen LogP) is 3.67. The molecule has 1 unspecified atom stereocenters. The number of carbonyl (C=O) groups is 1. The average Bonchev–Trinajstić information content (AvgIpc) is 2.58. The van der Waals surface area contributed by atoms with Gasteiger partial charge in [0, 0.05) is 10.8 Å². The molecule has 1 aliphatic heterocycles. The number of hydrogen-bond donors (Lipinski definition) is 1. The van der Waals surface area contributed by atoms with Gasteiger partial charge in [0.15, 0.2) is 0 Å². The Labute approximate surface area is 134 Å². The van der Waals surface area contributed by atoms with Crippen LogP contribution in [0.25, 0.3) is 0 Å². The number of hydrogen-bond acceptors (Lipinski definition) is 3. The quantitative estimate of drug-likeness (QED) is 0.857. The zero-order chi connectivity index (χ0) is 16.7. The van der Waals surface area contributed by atoms with Crippen LogP contribution < -0.4 is 0 Å². The Morgan fingerprint density at radius 3 is 2.36 bits per heavy atom. The lowest BCUT2D eigenvalue weighted by atomic mass is 9.66. The Kier molecular flexibility index (Phi) is 4.57. The van der Waals surface area contributed by atoms with Gasteiger partial charge in [0.05, 0.1) is 17.6 Å². The van der Waals surface area contributed by atoms with Gasteiger partial charge in [0.25, 0.3) is 0 Å². The number of benzene rings is 1. The molecule has 1 aromatic rings. The molecule has 22 heavy (non-hydrogen) atoms. The van der Waals surface area contributed by atoms with Gasteiger partial charge < -0.3 is 14.4 Å². The summed E-state index contributed by atoms with van der Waals surface area (Å²) >= 11 is 6.12. The van der Waals surface area contributed by atoms with Crippen LogP contribution in [0.4, 0.5) is 4.39 Å². The van der Waals surface area contributed by atoms with Crippen molar-refractivity contribution >= 4 is 24.7 Å². The van der Waals surface area contributed by atoms with E-state index in [4.69, 9.17) is 20.9 Å². The van der Waals surface area contributed by atoms with E-state index >= 15 is 0 Å². The molecule has 1 atom stereocenters. The zero-order valence-electron chi connectivity index (χ0n) is 13.0. The van der Waals surface area contributed by atoms with Crippen LogP contribution in [0, 0.1) is 5.82 Å². The summed E-state index contributed by atoms with van der Waals surface area (Å²) in [6, 6.07) is 3.88. The molecule has 120 valence electrons. The second-order valence-corrected chi connectivity index (χ2v) is 6.90. The summed E-state index contributed by atoms with van der Waals surface area (Å²) in [5.41, 5.74) is -0.829. The molecule has 0 bridgehead atoms. The van der Waals surface area contributed by atoms with Gasteiger partial charge in [-0.2, -0.15) is 0 Å². The molecule has 1 aromatic carbocycles. The summed E-state index contributed by atoms with van der Waals surface area (Å²) in [5.74, 6) is -2.20. The van der Waals surface area contributed by atoms with E-state index in [-0.39, 0.29) is 6.42 Å². The Balaban J connectivity index is 2.40. The van der Waals surface area contributed by atoms with Crippen LogP contribution >= 0.6 is 11.6 Å². The minimum absolute atomic E-state index is 0.264. The van der Waals surface area contributed by atoms with Gasteiger partial charge in [-0.1, -0.05) is 11.6 Å². The SMILES string of the molecule is CC1(C)OB(C(CC(=O)O)c2cc(F)ccc2Cl)OC1(C)C. The highest BCUT2D eigenvalue weighted by Gasteiger charge is 2.54. The molecule has 7 heteroatoms. The molecule has 0 radical (unpaired) electrons. The average molecular weight is 329 g/mol. The zero-order valence-corrected chi connectivity index (χ0v) is 13.8. The van der Waals surface area contributed by atoms with Crippen molar-refractivity contribution in [1.82, 2.24) is 0 Å². The van der Waals surface area contributed by atoms with Gasteiger partial charge >= 0.3 is 13.1 Å². The molecule has 0 saturated carbocycles. The lowest BCUT2D eigenvalue weighted by molar-refractivity contribution is -0.137. The number of aliphatic carboxylic acids is 1. The summed E-state index contributed by atoms with van der Waals surface area (Å²) in [4.78, 5) is 11.2. The van der Waals surface area contributed by atoms with Gasteiger partial charge in [-0.05, 0) is 51.5 Å². The lowest BCUT2D eigenvalue weighted by Gasteiger charge is -2.32. The molecule has 0 spiro atoms. The summed E-state index contributed by atoms with van der Waals surface area (Å²) < 4.78 is 25.4. The molecule has 1 aliphatic rings. The first-order chi connectivity index (χ1) is 10.0. The van der Waals surface area contributed by atoms with Crippen LogP contribution in [0.3, 0.4) is 0 Å². The second kappa shape index (κ2) is 5.83. The number of halogens is 2. The molecule has 1 saturated heterocycles. The van der Waals surface area contributed by atoms with Gasteiger partial charge in [0.1, 0.15) is 5.82 Å². The fourth-order valence-electron chi connectivity index (χ4n) is 2.39. The third-order valence-electron chi connectivity index (χ3n) is 4.35. The van der Waals surface area contributed by atoms with Crippen LogP contribution in [0.15, 0.2) is 18.2 Å². The minimum atomic E-state index is -1.03. The van der Waals surface area contributed by atoms with Gasteiger partial charge in [-0.3, -0.25) is 4.79 Å². The molecule has 2 rings (SSSR count). The highest BCUT2D eigenvalue weighted by molar-refractivity contribution is 6.48. The molecular weight excluding hydrogens is 309 g/mol. The first kappa shape index (κ1) is 17.3. The van der Waals surface area contributed by atoms with E-state index in [1.165, 1.54) is 18.2 Å². The Bertz CT molecular complexity index is 575. The van der Waals surface area contributed by atoms with E-state index in [1.54, 1.807) is 0 Å². The van der Waals surface area contributed by atoms with Crippen molar-refractivity contribution in [3.8, 4) is 0 Å². The van der Waals surface area contributed by atoms with Crippen LogP contribution in [0.5, 0.6) is 0 Å². The van der Waals surface area contributed by atoms with E-state index in [0.717, 1.165) is 0 Å². The van der Waals surface area contributed by atoms with Crippen molar-refractivity contribution in [3.63, 3.8) is 0 Å². The molecule has 4 nitrogen and oxygen atoms in total. The van der Waals surface area contributed by atoms with Crippen molar-refractivity contribution in [2.24, 2.45) is 0 Å². The topological polar surface area (TPSA) is 55.8 Å². The van der Waals surface area contributed by atoms with Crippen LogP contribution in [-0.2, 0) is 14.1 Å². The summed E-state index contributed by atoms with van der Waals surface area (Å²) in [6.07, 6.45) is -0.264. The fraction of sp³-hybridized carbons (Fsp3) is 0.533. The van der Waals surface area contributed by atoms with Gasteiger partial charge in [-0.15, -0.1) is 0 Å². The minimum Gasteiger partial charge on any atom is -0.481 e. The van der Waals surface area contributed by atoms with Crippen LogP contribution in [-0.4, -0.2) is 29.4 Å². The van der Waals surface area contributed by atoms with Crippen molar-refractivity contribution < 1.29 is 23.6 Å². The highest BCUT2D eigenvalue weighted by Crippen LogP contribution is 2.42. The van der Waals surface area contributed by atoms with E-state index in [9.17, 15) is 14.3 Å². The van der Waals surface area contributed by atoms with E-state index < -0.39 is 35.9 Å². The van der Waals surface area contributed by atoms with E-state index in [1.807, 2.05) is 27.7 Å². The van der Waals surface area contributed by atoms with Crippen molar-refractivity contribution in [3.05, 3.63) is 34.6 Å². The summed E-state index contributed by atoms with van der Waals surface area (Å²) in [7, 11) is -0.805. The molecular formula is C15H19BClFO4. The van der Waals surface area contributed by atoms with Crippen molar-refractivity contribution in [1.29, 1.82) is 0 Å². The molecule has 1 N–H and O–H groups in total. The van der Waals surface area contributed by atoms with Gasteiger partial charge in [-0.25, -0.2) is 4.39 Å². The summed E-state index contributed by atoms with van der Waals surface area (Å²) in [6.45, 7) is 7.49. The molecule has 0 aliphatic carbocycles. The molecule has 1 fully saturated rings. The van der Waals surface area contributed by atoms with Crippen LogP contribution in [0.2, 0.25) is 5.02 Å². The molecule has 0 amide bonds. The van der Waals surface area contributed by atoms with Gasteiger partial charge in [0.2, 0.25) is 0 Å². The fourth-order valence-corrected chi connectivity index (χ4v) is 2.65. The maximum atomic E-state index is 13.5.